The molecule has 0 radical (unpaired) electrons. The van der Waals surface area contributed by atoms with Crippen LogP contribution >= 0.6 is 0 Å². The van der Waals surface area contributed by atoms with Crippen LogP contribution in [-0.2, 0) is 9.53 Å². The maximum atomic E-state index is 11.1. The molecule has 3 nitrogen and oxygen atoms in total. The van der Waals surface area contributed by atoms with Crippen molar-refractivity contribution in [3.63, 3.8) is 0 Å². The molecule has 0 amide bonds. The molecule has 13 heavy (non-hydrogen) atoms. The topological polar surface area (TPSA) is 46.5 Å². The van der Waals surface area contributed by atoms with E-state index in [1.54, 1.807) is 13.0 Å². The number of esters is 1. The molecule has 0 aliphatic rings. The Morgan fingerprint density at radius 3 is 2.69 bits per heavy atom. The monoisotopic (exact) mass is 184 g/mol. The fourth-order valence-corrected chi connectivity index (χ4v) is 0.807. The predicted octanol–water partition coefficient (Wildman–Crippen LogP) is 1.43. The highest BCUT2D eigenvalue weighted by Gasteiger charge is 2.12. The maximum absolute atomic E-state index is 11.1. The van der Waals surface area contributed by atoms with Crippen molar-refractivity contribution in [1.82, 2.24) is 0 Å². The molecule has 1 atom stereocenters. The molecule has 0 fully saturated rings. The van der Waals surface area contributed by atoms with Crippen molar-refractivity contribution in [2.75, 3.05) is 6.61 Å². The Hall–Kier alpha value is -1.09. The van der Waals surface area contributed by atoms with E-state index in [2.05, 4.69) is 13.2 Å². The highest BCUT2D eigenvalue weighted by atomic mass is 16.5. The zero-order valence-corrected chi connectivity index (χ0v) is 7.95. The SMILES string of the molecule is C=CCC(CCO)OC(=O)C(=C)C. The van der Waals surface area contributed by atoms with Gasteiger partial charge >= 0.3 is 5.97 Å². The van der Waals surface area contributed by atoms with Crippen molar-refractivity contribution >= 4 is 5.97 Å². The minimum absolute atomic E-state index is 0.00196. The van der Waals surface area contributed by atoms with Crippen LogP contribution in [0.5, 0.6) is 0 Å². The molecule has 0 saturated heterocycles. The Balaban J connectivity index is 4.00. The van der Waals surface area contributed by atoms with Gasteiger partial charge in [0, 0.05) is 25.0 Å². The van der Waals surface area contributed by atoms with E-state index in [1.807, 2.05) is 0 Å². The van der Waals surface area contributed by atoms with E-state index in [9.17, 15) is 4.79 Å². The molecule has 0 aromatic carbocycles. The zero-order valence-electron chi connectivity index (χ0n) is 7.95. The summed E-state index contributed by atoms with van der Waals surface area (Å²) in [4.78, 5) is 11.1. The van der Waals surface area contributed by atoms with E-state index >= 15 is 0 Å². The van der Waals surface area contributed by atoms with Crippen LogP contribution in [0, 0.1) is 0 Å². The van der Waals surface area contributed by atoms with Crippen molar-refractivity contribution in [3.8, 4) is 0 Å². The molecule has 0 aliphatic heterocycles. The Kier molecular flexibility index (Phi) is 5.89. The predicted molar refractivity (Wildman–Crippen MR) is 51.2 cm³/mol. The van der Waals surface area contributed by atoms with Gasteiger partial charge in [-0.25, -0.2) is 4.79 Å². The fraction of sp³-hybridized carbons (Fsp3) is 0.500. The van der Waals surface area contributed by atoms with Crippen molar-refractivity contribution in [3.05, 3.63) is 24.8 Å². The smallest absolute Gasteiger partial charge is 0.333 e. The minimum Gasteiger partial charge on any atom is -0.459 e. The molecular formula is C10H16O3. The van der Waals surface area contributed by atoms with E-state index < -0.39 is 5.97 Å². The van der Waals surface area contributed by atoms with Gasteiger partial charge in [0.15, 0.2) is 0 Å². The number of rotatable bonds is 6. The van der Waals surface area contributed by atoms with Crippen LogP contribution in [0.25, 0.3) is 0 Å². The fourth-order valence-electron chi connectivity index (χ4n) is 0.807. The van der Waals surface area contributed by atoms with Crippen LogP contribution in [-0.4, -0.2) is 23.8 Å². The maximum Gasteiger partial charge on any atom is 0.333 e. The van der Waals surface area contributed by atoms with E-state index in [-0.39, 0.29) is 12.7 Å². The zero-order chi connectivity index (χ0) is 10.3. The summed E-state index contributed by atoms with van der Waals surface area (Å²) in [5, 5.41) is 8.67. The Bertz CT molecular complexity index is 196. The second-order valence-electron chi connectivity index (χ2n) is 2.84. The summed E-state index contributed by atoms with van der Waals surface area (Å²) >= 11 is 0. The van der Waals surface area contributed by atoms with Gasteiger partial charge < -0.3 is 9.84 Å². The van der Waals surface area contributed by atoms with Gasteiger partial charge in [-0.2, -0.15) is 0 Å². The summed E-state index contributed by atoms with van der Waals surface area (Å²) in [5.74, 6) is -0.416. The van der Waals surface area contributed by atoms with E-state index in [0.717, 1.165) is 0 Å². The molecule has 0 rings (SSSR count). The minimum atomic E-state index is -0.416. The van der Waals surface area contributed by atoms with Crippen LogP contribution in [0.1, 0.15) is 19.8 Å². The van der Waals surface area contributed by atoms with E-state index in [1.165, 1.54) is 0 Å². The average Bonchev–Trinajstić information content (AvgIpc) is 2.05. The summed E-state index contributed by atoms with van der Waals surface area (Å²) in [7, 11) is 0. The molecule has 3 heteroatoms. The Labute approximate surface area is 78.7 Å². The normalized spacial score (nSPS) is 11.8. The first-order valence-electron chi connectivity index (χ1n) is 4.20. The highest BCUT2D eigenvalue weighted by molar-refractivity contribution is 5.87. The van der Waals surface area contributed by atoms with Crippen molar-refractivity contribution in [1.29, 1.82) is 0 Å². The second kappa shape index (κ2) is 6.43. The molecule has 1 unspecified atom stereocenters. The summed E-state index contributed by atoms with van der Waals surface area (Å²) < 4.78 is 5.02. The number of carbonyl (C=O) groups is 1. The van der Waals surface area contributed by atoms with Gasteiger partial charge in [-0.3, -0.25) is 0 Å². The van der Waals surface area contributed by atoms with Crippen LogP contribution < -0.4 is 0 Å². The number of aliphatic hydroxyl groups is 1. The molecule has 0 aliphatic carbocycles. The van der Waals surface area contributed by atoms with Crippen molar-refractivity contribution < 1.29 is 14.6 Å². The van der Waals surface area contributed by atoms with Crippen molar-refractivity contribution in [2.45, 2.75) is 25.9 Å². The average molecular weight is 184 g/mol. The quantitative estimate of drug-likeness (QED) is 0.386. The van der Waals surface area contributed by atoms with Gasteiger partial charge in [0.05, 0.1) is 0 Å². The molecular weight excluding hydrogens is 168 g/mol. The van der Waals surface area contributed by atoms with E-state index in [4.69, 9.17) is 9.84 Å². The largest absolute Gasteiger partial charge is 0.459 e. The molecule has 74 valence electrons. The van der Waals surface area contributed by atoms with Gasteiger partial charge in [-0.15, -0.1) is 6.58 Å². The number of hydrogen-bond donors (Lipinski definition) is 1. The second-order valence-corrected chi connectivity index (χ2v) is 2.84. The lowest BCUT2D eigenvalue weighted by Crippen LogP contribution is -2.19. The van der Waals surface area contributed by atoms with Crippen LogP contribution in [0.2, 0.25) is 0 Å². The molecule has 0 aromatic heterocycles. The lowest BCUT2D eigenvalue weighted by molar-refractivity contribution is -0.144. The summed E-state index contributed by atoms with van der Waals surface area (Å²) in [6.07, 6.45) is 2.36. The summed E-state index contributed by atoms with van der Waals surface area (Å²) in [6.45, 7) is 8.60. The first-order chi connectivity index (χ1) is 6.11. The third-order valence-corrected chi connectivity index (χ3v) is 1.50. The summed E-state index contributed by atoms with van der Waals surface area (Å²) in [5.41, 5.74) is 0.368. The molecule has 1 N–H and O–H groups in total. The molecule has 0 saturated carbocycles. The van der Waals surface area contributed by atoms with Crippen molar-refractivity contribution in [2.24, 2.45) is 0 Å². The third kappa shape index (κ3) is 5.20. The number of carbonyl (C=O) groups excluding carboxylic acids is 1. The lowest BCUT2D eigenvalue weighted by atomic mass is 10.2. The standard InChI is InChI=1S/C10H16O3/c1-4-5-9(6-7-11)13-10(12)8(2)3/h4,9,11H,1-2,5-7H2,3H3. The van der Waals surface area contributed by atoms with Gasteiger partial charge in [0.25, 0.3) is 0 Å². The summed E-state index contributed by atoms with van der Waals surface area (Å²) in [6, 6.07) is 0. The van der Waals surface area contributed by atoms with Crippen LogP contribution in [0.15, 0.2) is 24.8 Å². The molecule has 0 aromatic rings. The van der Waals surface area contributed by atoms with Gasteiger partial charge in [-0.05, 0) is 6.92 Å². The van der Waals surface area contributed by atoms with Crippen LogP contribution in [0.4, 0.5) is 0 Å². The number of ether oxygens (including phenoxy) is 1. The van der Waals surface area contributed by atoms with Crippen LogP contribution in [0.3, 0.4) is 0 Å². The van der Waals surface area contributed by atoms with E-state index in [0.29, 0.717) is 18.4 Å². The molecule has 0 bridgehead atoms. The lowest BCUT2D eigenvalue weighted by Gasteiger charge is -2.14. The first kappa shape index (κ1) is 11.9. The third-order valence-electron chi connectivity index (χ3n) is 1.50. The number of hydrogen-bond acceptors (Lipinski definition) is 3. The van der Waals surface area contributed by atoms with Gasteiger partial charge in [-0.1, -0.05) is 12.7 Å². The van der Waals surface area contributed by atoms with Gasteiger partial charge in [0.1, 0.15) is 6.10 Å². The Morgan fingerprint density at radius 1 is 1.69 bits per heavy atom. The highest BCUT2D eigenvalue weighted by Crippen LogP contribution is 2.07. The van der Waals surface area contributed by atoms with Gasteiger partial charge in [0.2, 0.25) is 0 Å². The Morgan fingerprint density at radius 2 is 2.31 bits per heavy atom. The molecule has 0 spiro atoms. The number of aliphatic hydroxyl groups excluding tert-OH is 1. The first-order valence-corrected chi connectivity index (χ1v) is 4.20. The molecule has 0 heterocycles.